The normalized spacial score (nSPS) is 19.2. The molecule has 2 heterocycles. The number of aryl methyl sites for hydroxylation is 1. The molecule has 1 aliphatic heterocycles. The van der Waals surface area contributed by atoms with Crippen molar-refractivity contribution in [1.29, 1.82) is 0 Å². The summed E-state index contributed by atoms with van der Waals surface area (Å²) in [6, 6.07) is 0. The molecule has 5 nitrogen and oxygen atoms in total. The number of aromatic nitrogens is 2. The highest BCUT2D eigenvalue weighted by Crippen LogP contribution is 2.25. The largest absolute Gasteiger partial charge is 0.382 e. The van der Waals surface area contributed by atoms with Crippen molar-refractivity contribution in [3.05, 3.63) is 11.3 Å². The van der Waals surface area contributed by atoms with Crippen molar-refractivity contribution in [1.82, 2.24) is 9.78 Å². The van der Waals surface area contributed by atoms with Crippen LogP contribution in [-0.4, -0.2) is 24.0 Å². The molecule has 0 spiro atoms. The lowest BCUT2D eigenvalue weighted by atomic mass is 10.2. The Labute approximate surface area is 82.8 Å². The summed E-state index contributed by atoms with van der Waals surface area (Å²) in [5, 5.41) is 4.11. The van der Waals surface area contributed by atoms with Crippen LogP contribution in [0.5, 0.6) is 0 Å². The zero-order valence-electron chi connectivity index (χ0n) is 8.02. The Balaban J connectivity index is 2.53. The molecule has 0 saturated heterocycles. The molecule has 0 aromatic carbocycles. The molecule has 6 heteroatoms. The second kappa shape index (κ2) is 2.98. The van der Waals surface area contributed by atoms with Gasteiger partial charge in [-0.3, -0.25) is 4.68 Å². The number of sulfone groups is 1. The Hall–Kier alpha value is -1.04. The Bertz CT molecular complexity index is 461. The van der Waals surface area contributed by atoms with Crippen molar-refractivity contribution in [3.8, 4) is 0 Å². The van der Waals surface area contributed by atoms with Gasteiger partial charge in [0.2, 0.25) is 0 Å². The predicted octanol–water partition coefficient (Wildman–Crippen LogP) is -0.0439. The van der Waals surface area contributed by atoms with Crippen LogP contribution in [0.1, 0.15) is 18.2 Å². The summed E-state index contributed by atoms with van der Waals surface area (Å²) in [7, 11) is -2.95. The summed E-state index contributed by atoms with van der Waals surface area (Å²) >= 11 is 0. The Morgan fingerprint density at radius 1 is 1.57 bits per heavy atom. The quantitative estimate of drug-likeness (QED) is 0.712. The van der Waals surface area contributed by atoms with E-state index >= 15 is 0 Å². The van der Waals surface area contributed by atoms with Gasteiger partial charge in [0, 0.05) is 24.2 Å². The molecule has 0 amide bonds. The number of nitrogens with zero attached hydrogens (tertiary/aromatic N) is 2. The molecule has 0 atom stereocenters. The van der Waals surface area contributed by atoms with E-state index in [2.05, 4.69) is 5.10 Å². The number of anilines is 1. The molecule has 0 saturated carbocycles. The number of hydrogen-bond donors (Lipinski definition) is 1. The highest BCUT2D eigenvalue weighted by molar-refractivity contribution is 7.90. The van der Waals surface area contributed by atoms with Crippen LogP contribution in [0.3, 0.4) is 0 Å². The van der Waals surface area contributed by atoms with E-state index in [0.717, 1.165) is 12.2 Å². The topological polar surface area (TPSA) is 78.0 Å². The van der Waals surface area contributed by atoms with Crippen molar-refractivity contribution in [3.63, 3.8) is 0 Å². The number of nitrogens with two attached hydrogens (primary N) is 1. The van der Waals surface area contributed by atoms with Gasteiger partial charge < -0.3 is 5.73 Å². The third-order valence-corrected chi connectivity index (χ3v) is 4.07. The van der Waals surface area contributed by atoms with E-state index in [-0.39, 0.29) is 11.5 Å². The van der Waals surface area contributed by atoms with Gasteiger partial charge in [-0.05, 0) is 6.92 Å². The lowest BCUT2D eigenvalue weighted by Gasteiger charge is -2.13. The molecular formula is C8H13N3O2S. The summed E-state index contributed by atoms with van der Waals surface area (Å²) in [5.41, 5.74) is 7.35. The minimum absolute atomic E-state index is 0.0498. The average molecular weight is 215 g/mol. The minimum atomic E-state index is -2.95. The average Bonchev–Trinajstić information content (AvgIpc) is 2.41. The van der Waals surface area contributed by atoms with E-state index in [1.807, 2.05) is 6.92 Å². The van der Waals surface area contributed by atoms with E-state index in [4.69, 9.17) is 5.73 Å². The molecule has 1 aliphatic rings. The molecule has 2 N–H and O–H groups in total. The van der Waals surface area contributed by atoms with Gasteiger partial charge in [0.25, 0.3) is 0 Å². The third-order valence-electron chi connectivity index (χ3n) is 2.51. The van der Waals surface area contributed by atoms with Gasteiger partial charge >= 0.3 is 0 Å². The van der Waals surface area contributed by atoms with Crippen LogP contribution in [0, 0.1) is 0 Å². The van der Waals surface area contributed by atoms with Crippen LogP contribution in [0.2, 0.25) is 0 Å². The fourth-order valence-corrected chi connectivity index (χ4v) is 3.20. The summed E-state index contributed by atoms with van der Waals surface area (Å²) in [5.74, 6) is 0.629. The first-order valence-corrected chi connectivity index (χ1v) is 6.40. The molecule has 1 aromatic rings. The summed E-state index contributed by atoms with van der Waals surface area (Å²) in [4.78, 5) is 0. The standard InChI is InChI=1S/C8H13N3O2S/c1-2-11-7-3-4-14(12,13)5-6(7)8(9)10-11/h2-5H2,1H3,(H2,9,10). The van der Waals surface area contributed by atoms with E-state index in [0.29, 0.717) is 17.8 Å². The molecule has 2 rings (SSSR count). The zero-order chi connectivity index (χ0) is 10.3. The SMILES string of the molecule is CCn1nc(N)c2c1CCS(=O)(=O)C2. The highest BCUT2D eigenvalue weighted by atomic mass is 32.2. The number of nitrogen functional groups attached to an aromatic ring is 1. The van der Waals surface area contributed by atoms with Gasteiger partial charge in [0.1, 0.15) is 5.82 Å². The van der Waals surface area contributed by atoms with Crippen molar-refractivity contribution >= 4 is 15.7 Å². The first-order valence-electron chi connectivity index (χ1n) is 4.58. The molecular weight excluding hydrogens is 202 g/mol. The van der Waals surface area contributed by atoms with Crippen LogP contribution in [0.4, 0.5) is 5.82 Å². The Kier molecular flexibility index (Phi) is 2.02. The Morgan fingerprint density at radius 3 is 2.93 bits per heavy atom. The molecule has 0 aliphatic carbocycles. The van der Waals surface area contributed by atoms with Crippen LogP contribution in [0.15, 0.2) is 0 Å². The second-order valence-corrected chi connectivity index (χ2v) is 5.65. The molecule has 0 radical (unpaired) electrons. The maximum atomic E-state index is 11.4. The van der Waals surface area contributed by atoms with Gasteiger partial charge in [0.15, 0.2) is 9.84 Å². The zero-order valence-corrected chi connectivity index (χ0v) is 8.84. The summed E-state index contributed by atoms with van der Waals surface area (Å²) in [6.45, 7) is 2.70. The lowest BCUT2D eigenvalue weighted by Crippen LogP contribution is -2.20. The van der Waals surface area contributed by atoms with Crippen LogP contribution in [-0.2, 0) is 28.6 Å². The number of rotatable bonds is 1. The van der Waals surface area contributed by atoms with E-state index in [1.165, 1.54) is 0 Å². The van der Waals surface area contributed by atoms with E-state index in [9.17, 15) is 8.42 Å². The maximum Gasteiger partial charge on any atom is 0.155 e. The third kappa shape index (κ3) is 1.39. The fourth-order valence-electron chi connectivity index (χ4n) is 1.80. The van der Waals surface area contributed by atoms with Crippen molar-refractivity contribution < 1.29 is 8.42 Å². The monoisotopic (exact) mass is 215 g/mol. The van der Waals surface area contributed by atoms with Gasteiger partial charge in [-0.1, -0.05) is 0 Å². The highest BCUT2D eigenvalue weighted by Gasteiger charge is 2.27. The molecule has 0 fully saturated rings. The van der Waals surface area contributed by atoms with Crippen LogP contribution < -0.4 is 5.73 Å². The lowest BCUT2D eigenvalue weighted by molar-refractivity contribution is 0.583. The molecule has 14 heavy (non-hydrogen) atoms. The summed E-state index contributed by atoms with van der Waals surface area (Å²) < 4.78 is 24.5. The van der Waals surface area contributed by atoms with Gasteiger partial charge in [0.05, 0.1) is 11.5 Å². The molecule has 1 aromatic heterocycles. The van der Waals surface area contributed by atoms with E-state index in [1.54, 1.807) is 4.68 Å². The molecule has 0 unspecified atom stereocenters. The van der Waals surface area contributed by atoms with E-state index < -0.39 is 9.84 Å². The number of fused-ring (bicyclic) bond motifs is 1. The summed E-state index contributed by atoms with van der Waals surface area (Å²) in [6.07, 6.45) is 0.537. The smallest absolute Gasteiger partial charge is 0.155 e. The number of hydrogen-bond acceptors (Lipinski definition) is 4. The first kappa shape index (κ1) is 9.51. The van der Waals surface area contributed by atoms with Gasteiger partial charge in [-0.15, -0.1) is 0 Å². The molecule has 78 valence electrons. The van der Waals surface area contributed by atoms with Crippen molar-refractivity contribution in [2.24, 2.45) is 0 Å². The first-order chi connectivity index (χ1) is 6.53. The molecule has 0 bridgehead atoms. The fraction of sp³-hybridized carbons (Fsp3) is 0.625. The van der Waals surface area contributed by atoms with Crippen molar-refractivity contribution in [2.75, 3.05) is 11.5 Å². The Morgan fingerprint density at radius 2 is 2.29 bits per heavy atom. The van der Waals surface area contributed by atoms with Crippen LogP contribution in [0.25, 0.3) is 0 Å². The minimum Gasteiger partial charge on any atom is -0.382 e. The maximum absolute atomic E-state index is 11.4. The second-order valence-electron chi connectivity index (χ2n) is 3.47. The van der Waals surface area contributed by atoms with Crippen LogP contribution >= 0.6 is 0 Å². The predicted molar refractivity (Wildman–Crippen MR) is 53.5 cm³/mol. The van der Waals surface area contributed by atoms with Gasteiger partial charge in [-0.25, -0.2) is 8.42 Å². The van der Waals surface area contributed by atoms with Gasteiger partial charge in [-0.2, -0.15) is 5.10 Å². The van der Waals surface area contributed by atoms with Crippen molar-refractivity contribution in [2.45, 2.75) is 25.6 Å².